The summed E-state index contributed by atoms with van der Waals surface area (Å²) in [7, 11) is 0. The van der Waals surface area contributed by atoms with Gasteiger partial charge in [0.25, 0.3) is 0 Å². The third-order valence-electron chi connectivity index (χ3n) is 1.74. The van der Waals surface area contributed by atoms with Gasteiger partial charge in [-0.15, -0.1) is 11.8 Å². The number of unbranched alkanes of at least 4 members (excludes halogenated alkanes) is 1. The summed E-state index contributed by atoms with van der Waals surface area (Å²) < 4.78 is 5.05. The highest BCUT2D eigenvalue weighted by atomic mass is 32.2. The lowest BCUT2D eigenvalue weighted by atomic mass is 10.3. The molecule has 1 saturated heterocycles. The lowest BCUT2D eigenvalue weighted by Gasteiger charge is -2.08. The molecule has 0 spiro atoms. The number of carbonyl (C=O) groups excluding carboxylic acids is 1. The zero-order valence-electron chi connectivity index (χ0n) is 7.34. The first-order chi connectivity index (χ1) is 5.84. The third kappa shape index (κ3) is 3.03. The van der Waals surface area contributed by atoms with Crippen LogP contribution in [0.3, 0.4) is 0 Å². The number of carbonyl (C=O) groups is 1. The van der Waals surface area contributed by atoms with Crippen molar-refractivity contribution in [1.82, 2.24) is 5.32 Å². The van der Waals surface area contributed by atoms with Crippen LogP contribution in [0.15, 0.2) is 0 Å². The Bertz CT molecular complexity index is 146. The lowest BCUT2D eigenvalue weighted by molar-refractivity contribution is -0.145. The Morgan fingerprint density at radius 3 is 3.17 bits per heavy atom. The molecule has 0 radical (unpaired) electrons. The summed E-state index contributed by atoms with van der Waals surface area (Å²) in [6.45, 7) is 2.65. The first-order valence-corrected chi connectivity index (χ1v) is 5.48. The molecule has 1 rings (SSSR count). The molecule has 0 saturated carbocycles. The zero-order valence-corrected chi connectivity index (χ0v) is 8.15. The highest BCUT2D eigenvalue weighted by molar-refractivity contribution is 7.99. The van der Waals surface area contributed by atoms with E-state index in [4.69, 9.17) is 4.74 Å². The lowest BCUT2D eigenvalue weighted by Crippen LogP contribution is -2.34. The van der Waals surface area contributed by atoms with Crippen LogP contribution in [0.4, 0.5) is 0 Å². The van der Waals surface area contributed by atoms with E-state index in [9.17, 15) is 4.79 Å². The maximum Gasteiger partial charge on any atom is 0.324 e. The van der Waals surface area contributed by atoms with Gasteiger partial charge in [-0.3, -0.25) is 10.1 Å². The number of hydrogen-bond acceptors (Lipinski definition) is 4. The molecule has 1 aliphatic rings. The molecule has 70 valence electrons. The van der Waals surface area contributed by atoms with Gasteiger partial charge in [0, 0.05) is 11.6 Å². The molecule has 0 bridgehead atoms. The van der Waals surface area contributed by atoms with E-state index in [-0.39, 0.29) is 12.0 Å². The molecule has 1 atom stereocenters. The van der Waals surface area contributed by atoms with Gasteiger partial charge >= 0.3 is 5.97 Å². The average molecular weight is 189 g/mol. The van der Waals surface area contributed by atoms with Gasteiger partial charge in [-0.2, -0.15) is 0 Å². The highest BCUT2D eigenvalue weighted by Gasteiger charge is 2.23. The third-order valence-corrected chi connectivity index (χ3v) is 2.68. The zero-order chi connectivity index (χ0) is 8.81. The van der Waals surface area contributed by atoms with Crippen molar-refractivity contribution >= 4 is 17.7 Å². The summed E-state index contributed by atoms with van der Waals surface area (Å²) in [6, 6.07) is -0.0631. The van der Waals surface area contributed by atoms with Crippen molar-refractivity contribution in [2.24, 2.45) is 0 Å². The van der Waals surface area contributed by atoms with Crippen molar-refractivity contribution in [2.45, 2.75) is 25.8 Å². The highest BCUT2D eigenvalue weighted by Crippen LogP contribution is 2.10. The van der Waals surface area contributed by atoms with Crippen molar-refractivity contribution in [3.63, 3.8) is 0 Å². The van der Waals surface area contributed by atoms with Crippen LogP contribution in [-0.4, -0.2) is 30.2 Å². The molecule has 3 nitrogen and oxygen atoms in total. The molecule has 0 aromatic heterocycles. The summed E-state index contributed by atoms with van der Waals surface area (Å²) in [5.74, 6) is 1.63. The summed E-state index contributed by atoms with van der Waals surface area (Å²) in [5, 5.41) is 3.07. The van der Waals surface area contributed by atoms with Crippen molar-refractivity contribution in [2.75, 3.05) is 18.2 Å². The second-order valence-electron chi connectivity index (χ2n) is 2.79. The number of hydrogen-bond donors (Lipinski definition) is 1. The summed E-state index contributed by atoms with van der Waals surface area (Å²) >= 11 is 1.74. The predicted molar refractivity (Wildman–Crippen MR) is 50.1 cm³/mol. The number of nitrogens with one attached hydrogen (secondary N) is 1. The number of rotatable bonds is 4. The standard InChI is InChI=1S/C8H15NO2S/c1-2-3-4-11-8(10)7-5-12-6-9-7/h7,9H,2-6H2,1H3. The molecular weight excluding hydrogens is 174 g/mol. The minimum atomic E-state index is -0.0894. The molecule has 12 heavy (non-hydrogen) atoms. The number of ether oxygens (including phenoxy) is 1. The van der Waals surface area contributed by atoms with E-state index in [0.717, 1.165) is 24.5 Å². The van der Waals surface area contributed by atoms with Crippen LogP contribution < -0.4 is 5.32 Å². The van der Waals surface area contributed by atoms with E-state index in [2.05, 4.69) is 12.2 Å². The summed E-state index contributed by atoms with van der Waals surface area (Å²) in [4.78, 5) is 11.2. The van der Waals surface area contributed by atoms with E-state index in [1.165, 1.54) is 0 Å². The van der Waals surface area contributed by atoms with Crippen molar-refractivity contribution in [3.8, 4) is 0 Å². The van der Waals surface area contributed by atoms with Gasteiger partial charge in [0.15, 0.2) is 0 Å². The van der Waals surface area contributed by atoms with E-state index in [0.29, 0.717) is 6.61 Å². The maximum atomic E-state index is 11.2. The van der Waals surface area contributed by atoms with Gasteiger partial charge in [-0.1, -0.05) is 13.3 Å². The van der Waals surface area contributed by atoms with Crippen molar-refractivity contribution < 1.29 is 9.53 Å². The molecular formula is C8H15NO2S. The van der Waals surface area contributed by atoms with Gasteiger partial charge in [0.05, 0.1) is 6.61 Å². The Hall–Kier alpha value is -0.220. The molecule has 1 fully saturated rings. The first kappa shape index (κ1) is 9.86. The van der Waals surface area contributed by atoms with E-state index >= 15 is 0 Å². The summed E-state index contributed by atoms with van der Waals surface area (Å²) in [6.07, 6.45) is 2.03. The topological polar surface area (TPSA) is 38.3 Å². The fourth-order valence-electron chi connectivity index (χ4n) is 0.964. The van der Waals surface area contributed by atoms with E-state index in [1.54, 1.807) is 11.8 Å². The largest absolute Gasteiger partial charge is 0.465 e. The van der Waals surface area contributed by atoms with Crippen LogP contribution in [-0.2, 0) is 9.53 Å². The number of esters is 1. The fraction of sp³-hybridized carbons (Fsp3) is 0.875. The van der Waals surface area contributed by atoms with Gasteiger partial charge in [-0.05, 0) is 6.42 Å². The van der Waals surface area contributed by atoms with Crippen molar-refractivity contribution in [3.05, 3.63) is 0 Å². The SMILES string of the molecule is CCCCOC(=O)C1CSCN1. The molecule has 0 amide bonds. The molecule has 0 aromatic rings. The molecule has 1 unspecified atom stereocenters. The quantitative estimate of drug-likeness (QED) is 0.529. The number of thioether (sulfide) groups is 1. The Kier molecular flexibility index (Phi) is 4.46. The van der Waals surface area contributed by atoms with Crippen molar-refractivity contribution in [1.29, 1.82) is 0 Å². The van der Waals surface area contributed by atoms with Crippen LogP contribution in [0.25, 0.3) is 0 Å². The smallest absolute Gasteiger partial charge is 0.324 e. The second-order valence-corrected chi connectivity index (χ2v) is 3.82. The molecule has 0 aromatic carbocycles. The van der Waals surface area contributed by atoms with Crippen LogP contribution in [0.1, 0.15) is 19.8 Å². The fourth-order valence-corrected chi connectivity index (χ4v) is 1.89. The minimum absolute atomic E-state index is 0.0631. The monoisotopic (exact) mass is 189 g/mol. The van der Waals surface area contributed by atoms with E-state index < -0.39 is 0 Å². The Balaban J connectivity index is 2.10. The van der Waals surface area contributed by atoms with Crippen LogP contribution in [0.2, 0.25) is 0 Å². The molecule has 1 heterocycles. The average Bonchev–Trinajstić information content (AvgIpc) is 2.56. The Labute approximate surface area is 77.2 Å². The van der Waals surface area contributed by atoms with Gasteiger partial charge in [0.2, 0.25) is 0 Å². The normalized spacial score (nSPS) is 22.6. The van der Waals surface area contributed by atoms with Gasteiger partial charge in [-0.25, -0.2) is 0 Å². The molecule has 1 N–H and O–H groups in total. The molecule has 4 heteroatoms. The Morgan fingerprint density at radius 1 is 1.75 bits per heavy atom. The van der Waals surface area contributed by atoms with Crippen LogP contribution in [0.5, 0.6) is 0 Å². The van der Waals surface area contributed by atoms with Crippen LogP contribution in [0, 0.1) is 0 Å². The molecule has 1 aliphatic heterocycles. The second kappa shape index (κ2) is 5.43. The Morgan fingerprint density at radius 2 is 2.58 bits per heavy atom. The maximum absolute atomic E-state index is 11.2. The van der Waals surface area contributed by atoms with Gasteiger partial charge in [0.1, 0.15) is 6.04 Å². The molecule has 0 aliphatic carbocycles. The summed E-state index contributed by atoms with van der Waals surface area (Å²) in [5.41, 5.74) is 0. The minimum Gasteiger partial charge on any atom is -0.465 e. The first-order valence-electron chi connectivity index (χ1n) is 4.32. The van der Waals surface area contributed by atoms with E-state index in [1.807, 2.05) is 0 Å². The predicted octanol–water partition coefficient (Wildman–Crippen LogP) is 0.992. The van der Waals surface area contributed by atoms with Gasteiger partial charge < -0.3 is 4.74 Å². The van der Waals surface area contributed by atoms with Crippen LogP contribution >= 0.6 is 11.8 Å².